The molecule has 9 nitrogen and oxygen atoms in total. The van der Waals surface area contributed by atoms with E-state index in [1.54, 1.807) is 36.7 Å². The maximum Gasteiger partial charge on any atom is 0.265 e. The molecule has 0 unspecified atom stereocenters. The fraction of sp³-hybridized carbons (Fsp3) is 0.429. The molecule has 0 saturated heterocycles. The van der Waals surface area contributed by atoms with E-state index in [0.717, 1.165) is 5.56 Å². The molecule has 0 aliphatic heterocycles. The number of carbonyl (C=O) groups is 4. The molecule has 2 aromatic rings. The van der Waals surface area contributed by atoms with Gasteiger partial charge in [-0.15, -0.1) is 0 Å². The molecule has 0 aromatic heterocycles. The topological polar surface area (TPSA) is 142 Å². The number of hydrogen-bond donors (Lipinski definition) is 4. The molecule has 200 valence electrons. The van der Waals surface area contributed by atoms with Crippen LogP contribution >= 0.6 is 0 Å². The van der Waals surface area contributed by atoms with Crippen LogP contribution in [0, 0.1) is 11.8 Å². The number of benzene rings is 2. The summed E-state index contributed by atoms with van der Waals surface area (Å²) < 4.78 is 0. The van der Waals surface area contributed by atoms with E-state index in [0.29, 0.717) is 29.9 Å². The van der Waals surface area contributed by atoms with Crippen LogP contribution in [0.1, 0.15) is 55.6 Å². The quantitative estimate of drug-likeness (QED) is 0.242. The second-order valence-electron chi connectivity index (χ2n) is 9.78. The van der Waals surface area contributed by atoms with Gasteiger partial charge in [-0.25, -0.2) is 5.48 Å². The molecule has 0 radical (unpaired) electrons. The Morgan fingerprint density at radius 1 is 0.919 bits per heavy atom. The first kappa shape index (κ1) is 29.5. The Hall–Kier alpha value is -3.72. The van der Waals surface area contributed by atoms with Crippen LogP contribution in [0.25, 0.3) is 0 Å². The molecule has 0 bridgehead atoms. The van der Waals surface area contributed by atoms with E-state index in [2.05, 4.69) is 5.32 Å². The van der Waals surface area contributed by atoms with E-state index in [1.165, 1.54) is 11.8 Å². The van der Waals surface area contributed by atoms with Crippen molar-refractivity contribution in [3.05, 3.63) is 71.3 Å². The standard InChI is InChI=1S/C28H38N4O5/c1-18(2)15-19(3)26(34)30-24(25(29)33)17-22-11-8-12-23(16-22)28(36)32(20(4)27(35)31-37)14-13-21-9-6-5-7-10-21/h5-12,16,18-20,24,37H,13-15,17H2,1-4H3,(H2,29,33)(H,30,34)(H,31,35)/t19-,20-,24+/m1/s1. The van der Waals surface area contributed by atoms with Crippen LogP contribution < -0.4 is 16.5 Å². The van der Waals surface area contributed by atoms with Gasteiger partial charge in [0.2, 0.25) is 11.8 Å². The maximum atomic E-state index is 13.5. The first-order valence-electron chi connectivity index (χ1n) is 12.5. The van der Waals surface area contributed by atoms with Gasteiger partial charge in [0.25, 0.3) is 11.8 Å². The van der Waals surface area contributed by atoms with Gasteiger partial charge in [-0.05, 0) is 48.9 Å². The average molecular weight is 511 g/mol. The molecule has 37 heavy (non-hydrogen) atoms. The van der Waals surface area contributed by atoms with Gasteiger partial charge in [0.1, 0.15) is 12.1 Å². The highest BCUT2D eigenvalue weighted by atomic mass is 16.5. The Bertz CT molecular complexity index is 1070. The molecule has 0 heterocycles. The zero-order valence-corrected chi connectivity index (χ0v) is 21.9. The molecular formula is C28H38N4O5. The third-order valence-electron chi connectivity index (χ3n) is 6.25. The van der Waals surface area contributed by atoms with Crippen molar-refractivity contribution in [3.63, 3.8) is 0 Å². The minimum absolute atomic E-state index is 0.118. The molecule has 2 rings (SSSR count). The van der Waals surface area contributed by atoms with Crippen molar-refractivity contribution in [2.24, 2.45) is 17.6 Å². The van der Waals surface area contributed by atoms with Crippen molar-refractivity contribution in [1.82, 2.24) is 15.7 Å². The van der Waals surface area contributed by atoms with Crippen molar-refractivity contribution in [2.45, 2.75) is 59.0 Å². The van der Waals surface area contributed by atoms with Crippen LogP contribution in [0.5, 0.6) is 0 Å². The van der Waals surface area contributed by atoms with Gasteiger partial charge in [0.15, 0.2) is 0 Å². The highest BCUT2D eigenvalue weighted by Gasteiger charge is 2.27. The van der Waals surface area contributed by atoms with Crippen LogP contribution in [-0.2, 0) is 27.2 Å². The normalized spacial score (nSPS) is 13.4. The molecular weight excluding hydrogens is 472 g/mol. The monoisotopic (exact) mass is 510 g/mol. The molecule has 4 amide bonds. The van der Waals surface area contributed by atoms with Crippen LogP contribution in [0.15, 0.2) is 54.6 Å². The summed E-state index contributed by atoms with van der Waals surface area (Å²) in [6.07, 6.45) is 1.31. The fourth-order valence-corrected chi connectivity index (χ4v) is 4.18. The molecule has 0 aliphatic rings. The summed E-state index contributed by atoms with van der Waals surface area (Å²) in [7, 11) is 0. The minimum atomic E-state index is -0.930. The number of nitrogens with zero attached hydrogens (tertiary/aromatic N) is 1. The first-order chi connectivity index (χ1) is 17.5. The second-order valence-corrected chi connectivity index (χ2v) is 9.78. The van der Waals surface area contributed by atoms with Crippen molar-refractivity contribution in [1.29, 1.82) is 0 Å². The summed E-state index contributed by atoms with van der Waals surface area (Å²) in [4.78, 5) is 51.7. The smallest absolute Gasteiger partial charge is 0.265 e. The van der Waals surface area contributed by atoms with E-state index in [4.69, 9.17) is 10.9 Å². The highest BCUT2D eigenvalue weighted by molar-refractivity contribution is 5.97. The van der Waals surface area contributed by atoms with Gasteiger partial charge in [-0.1, -0.05) is 63.2 Å². The molecule has 0 fully saturated rings. The van der Waals surface area contributed by atoms with Crippen molar-refractivity contribution >= 4 is 23.6 Å². The zero-order valence-electron chi connectivity index (χ0n) is 21.9. The van der Waals surface area contributed by atoms with Gasteiger partial charge < -0.3 is 16.0 Å². The van der Waals surface area contributed by atoms with Gasteiger partial charge in [0.05, 0.1) is 0 Å². The number of rotatable bonds is 13. The number of hydrogen-bond acceptors (Lipinski definition) is 5. The zero-order chi connectivity index (χ0) is 27.5. The second kappa shape index (κ2) is 14.1. The van der Waals surface area contributed by atoms with E-state index in [1.807, 2.05) is 44.2 Å². The summed E-state index contributed by atoms with van der Waals surface area (Å²) in [5, 5.41) is 11.9. The summed E-state index contributed by atoms with van der Waals surface area (Å²) in [6.45, 7) is 7.63. The number of amides is 4. The van der Waals surface area contributed by atoms with E-state index in [9.17, 15) is 19.2 Å². The van der Waals surface area contributed by atoms with Crippen LogP contribution in [0.4, 0.5) is 0 Å². The van der Waals surface area contributed by atoms with Crippen LogP contribution in [0.3, 0.4) is 0 Å². The number of hydroxylamine groups is 1. The van der Waals surface area contributed by atoms with Crippen molar-refractivity contribution in [3.8, 4) is 0 Å². The van der Waals surface area contributed by atoms with Gasteiger partial charge in [-0.3, -0.25) is 24.4 Å². The molecule has 2 aromatic carbocycles. The SMILES string of the molecule is CC(C)C[C@@H](C)C(=O)N[C@@H](Cc1cccc(C(=O)N(CCc2ccccc2)[C@H](C)C(=O)NO)c1)C(N)=O. The summed E-state index contributed by atoms with van der Waals surface area (Å²) in [6, 6.07) is 14.4. The lowest BCUT2D eigenvalue weighted by molar-refractivity contribution is -0.133. The molecule has 0 saturated carbocycles. The van der Waals surface area contributed by atoms with Crippen molar-refractivity contribution < 1.29 is 24.4 Å². The number of carbonyl (C=O) groups excluding carboxylic acids is 4. The third kappa shape index (κ3) is 9.02. The van der Waals surface area contributed by atoms with Crippen molar-refractivity contribution in [2.75, 3.05) is 6.54 Å². The average Bonchev–Trinajstić information content (AvgIpc) is 2.87. The Labute approximate surface area is 218 Å². The lowest BCUT2D eigenvalue weighted by Gasteiger charge is -2.28. The van der Waals surface area contributed by atoms with E-state index >= 15 is 0 Å². The first-order valence-corrected chi connectivity index (χ1v) is 12.5. The predicted molar refractivity (Wildman–Crippen MR) is 140 cm³/mol. The largest absolute Gasteiger partial charge is 0.368 e. The van der Waals surface area contributed by atoms with Gasteiger partial charge in [-0.2, -0.15) is 0 Å². The summed E-state index contributed by atoms with van der Waals surface area (Å²) in [5.74, 6) is -1.97. The lowest BCUT2D eigenvalue weighted by Crippen LogP contribution is -2.48. The Morgan fingerprint density at radius 2 is 1.57 bits per heavy atom. The van der Waals surface area contributed by atoms with E-state index < -0.39 is 29.8 Å². The third-order valence-corrected chi connectivity index (χ3v) is 6.25. The highest BCUT2D eigenvalue weighted by Crippen LogP contribution is 2.16. The molecule has 0 spiro atoms. The summed E-state index contributed by atoms with van der Waals surface area (Å²) >= 11 is 0. The number of nitrogens with two attached hydrogens (primary N) is 1. The summed E-state index contributed by atoms with van der Waals surface area (Å²) in [5.41, 5.74) is 9.12. The molecule has 9 heteroatoms. The predicted octanol–water partition coefficient (Wildman–Crippen LogP) is 2.46. The van der Waals surface area contributed by atoms with Crippen LogP contribution in [0.2, 0.25) is 0 Å². The Balaban J connectivity index is 2.22. The van der Waals surface area contributed by atoms with Gasteiger partial charge >= 0.3 is 0 Å². The lowest BCUT2D eigenvalue weighted by atomic mass is 9.97. The molecule has 0 aliphatic carbocycles. The minimum Gasteiger partial charge on any atom is -0.368 e. The molecule has 3 atom stereocenters. The number of nitrogens with one attached hydrogen (secondary N) is 2. The van der Waals surface area contributed by atoms with Crippen LogP contribution in [-0.4, -0.2) is 52.4 Å². The van der Waals surface area contributed by atoms with Gasteiger partial charge in [0, 0.05) is 24.4 Å². The Kier molecular flexibility index (Phi) is 11.3. The number of primary amides is 1. The Morgan fingerprint density at radius 3 is 2.16 bits per heavy atom. The maximum absolute atomic E-state index is 13.5. The van der Waals surface area contributed by atoms with E-state index in [-0.39, 0.29) is 24.8 Å². The molecule has 5 N–H and O–H groups in total. The fourth-order valence-electron chi connectivity index (χ4n) is 4.18.